The smallest absolute Gasteiger partial charge is 0.217 e. The predicted octanol–water partition coefficient (Wildman–Crippen LogP) is 8.18. The second-order valence-electron chi connectivity index (χ2n) is 7.55. The van der Waals surface area contributed by atoms with Gasteiger partial charge >= 0.3 is 0 Å². The first kappa shape index (κ1) is 25.0. The van der Waals surface area contributed by atoms with E-state index in [0.29, 0.717) is 37.9 Å². The highest BCUT2D eigenvalue weighted by molar-refractivity contribution is 8.04. The quantitative estimate of drug-likeness (QED) is 0.241. The van der Waals surface area contributed by atoms with Crippen LogP contribution < -0.4 is 5.32 Å². The summed E-state index contributed by atoms with van der Waals surface area (Å²) in [5.41, 5.74) is 2.21. The number of allylic oxidation sites excluding steroid dienone is 1. The van der Waals surface area contributed by atoms with E-state index in [0.717, 1.165) is 5.56 Å². The highest BCUT2D eigenvalue weighted by atomic mass is 35.5. The van der Waals surface area contributed by atoms with Crippen LogP contribution in [0, 0.1) is 11.6 Å². The van der Waals surface area contributed by atoms with E-state index in [1.165, 1.54) is 36.0 Å². The Morgan fingerprint density at radius 2 is 1.61 bits per heavy atom. The summed E-state index contributed by atoms with van der Waals surface area (Å²) in [4.78, 5) is 0.672. The second kappa shape index (κ2) is 10.4. The fourth-order valence-electron chi connectivity index (χ4n) is 3.35. The zero-order chi connectivity index (χ0) is 25.4. The zero-order valence-electron chi connectivity index (χ0n) is 17.9. The third kappa shape index (κ3) is 5.23. The van der Waals surface area contributed by atoms with Gasteiger partial charge in [0, 0.05) is 21.2 Å². The summed E-state index contributed by atoms with van der Waals surface area (Å²) < 4.78 is 29.4. The van der Waals surface area contributed by atoms with Crippen molar-refractivity contribution in [2.24, 2.45) is 5.10 Å². The van der Waals surface area contributed by atoms with Crippen LogP contribution in [0.5, 0.6) is 0 Å². The average Bonchev–Trinajstić information content (AvgIpc) is 3.25. The molecule has 1 aliphatic heterocycles. The minimum Gasteiger partial charge on any atom is -0.378 e. The molecule has 0 radical (unpaired) electrons. The van der Waals surface area contributed by atoms with Gasteiger partial charge in [-0.15, -0.1) is 10.2 Å². The number of nitrogens with zero attached hydrogens (tertiary/aromatic N) is 4. The maximum absolute atomic E-state index is 14.4. The summed E-state index contributed by atoms with van der Waals surface area (Å²) in [5, 5.41) is 17.6. The van der Waals surface area contributed by atoms with E-state index in [2.05, 4.69) is 15.5 Å². The standard InChI is InChI=1S/C24H13Cl4F2N5S/c25-13-3-1-12(2-4-13)7-21-23(15-9-20(30)18(28)10-16(15)26)34-35-22(32-33-24(35)36-21)11-31-14-5-6-19(29)17(27)8-14/h1-10,31H,11H2/b21-7-. The predicted molar refractivity (Wildman–Crippen MR) is 142 cm³/mol. The molecule has 0 fully saturated rings. The van der Waals surface area contributed by atoms with Crippen LogP contribution in [-0.4, -0.2) is 20.6 Å². The number of anilines is 1. The average molecular weight is 583 g/mol. The lowest BCUT2D eigenvalue weighted by Crippen LogP contribution is -2.15. The van der Waals surface area contributed by atoms with E-state index in [1.807, 2.05) is 18.2 Å². The molecule has 1 aliphatic rings. The number of hydrogen-bond donors (Lipinski definition) is 1. The second-order valence-corrected chi connectivity index (χ2v) is 10.2. The largest absolute Gasteiger partial charge is 0.378 e. The van der Waals surface area contributed by atoms with Gasteiger partial charge in [-0.3, -0.25) is 0 Å². The Bertz CT molecular complexity index is 1540. The van der Waals surface area contributed by atoms with E-state index in [1.54, 1.807) is 22.9 Å². The SMILES string of the molecule is Fc1ccc(NCc2nnc3n2N=C(c2cc(F)c(Cl)cc2Cl)/C(=C/c2ccc(Cl)cc2)S3)cc1Cl. The molecule has 1 N–H and O–H groups in total. The Morgan fingerprint density at radius 3 is 2.36 bits per heavy atom. The number of halogens is 6. The topological polar surface area (TPSA) is 55.1 Å². The summed E-state index contributed by atoms with van der Waals surface area (Å²) >= 11 is 25.6. The van der Waals surface area contributed by atoms with Crippen molar-refractivity contribution in [2.45, 2.75) is 11.7 Å². The van der Waals surface area contributed by atoms with Crippen molar-refractivity contribution in [2.75, 3.05) is 5.32 Å². The Balaban J connectivity index is 1.55. The van der Waals surface area contributed by atoms with Crippen LogP contribution in [0.4, 0.5) is 14.5 Å². The summed E-state index contributed by atoms with van der Waals surface area (Å²) in [5.74, 6) is -0.675. The third-order valence-corrected chi connectivity index (χ3v) is 7.23. The van der Waals surface area contributed by atoms with Gasteiger partial charge in [0.05, 0.1) is 21.6 Å². The summed E-state index contributed by atoms with van der Waals surface area (Å²) in [6, 6.07) is 14.1. The van der Waals surface area contributed by atoms with Gasteiger partial charge in [-0.25, -0.2) is 8.78 Å². The number of nitrogens with one attached hydrogen (secondary N) is 1. The summed E-state index contributed by atoms with van der Waals surface area (Å²) in [7, 11) is 0. The third-order valence-electron chi connectivity index (χ3n) is 5.11. The monoisotopic (exact) mass is 581 g/mol. The van der Waals surface area contributed by atoms with Crippen LogP contribution in [0.25, 0.3) is 6.08 Å². The molecular weight excluding hydrogens is 570 g/mol. The van der Waals surface area contributed by atoms with Crippen LogP contribution >= 0.6 is 58.2 Å². The van der Waals surface area contributed by atoms with Crippen LogP contribution in [0.2, 0.25) is 20.1 Å². The molecule has 2 heterocycles. The van der Waals surface area contributed by atoms with Gasteiger partial charge < -0.3 is 5.32 Å². The van der Waals surface area contributed by atoms with Crippen LogP contribution in [0.1, 0.15) is 17.0 Å². The van der Waals surface area contributed by atoms with Crippen molar-refractivity contribution < 1.29 is 8.78 Å². The van der Waals surface area contributed by atoms with Crippen LogP contribution in [0.15, 0.2) is 69.8 Å². The maximum Gasteiger partial charge on any atom is 0.217 e. The molecule has 4 aromatic rings. The van der Waals surface area contributed by atoms with E-state index < -0.39 is 11.6 Å². The fraction of sp³-hybridized carbons (Fsp3) is 0.0417. The highest BCUT2D eigenvalue weighted by Gasteiger charge is 2.26. The van der Waals surface area contributed by atoms with Crippen molar-refractivity contribution in [3.63, 3.8) is 0 Å². The first-order chi connectivity index (χ1) is 17.3. The lowest BCUT2D eigenvalue weighted by atomic mass is 10.1. The Hall–Kier alpha value is -2.62. The molecule has 0 aliphatic carbocycles. The number of hydrogen-bond acceptors (Lipinski definition) is 5. The molecule has 1 aromatic heterocycles. The van der Waals surface area contributed by atoms with Gasteiger partial charge in [-0.2, -0.15) is 9.78 Å². The van der Waals surface area contributed by atoms with E-state index in [4.69, 9.17) is 51.5 Å². The molecule has 3 aromatic carbocycles. The van der Waals surface area contributed by atoms with Gasteiger partial charge in [-0.1, -0.05) is 58.5 Å². The van der Waals surface area contributed by atoms with Crippen molar-refractivity contribution in [1.82, 2.24) is 14.9 Å². The Kier molecular flexibility index (Phi) is 7.23. The summed E-state index contributed by atoms with van der Waals surface area (Å²) in [6.45, 7) is 0.214. The molecule has 0 saturated heterocycles. The van der Waals surface area contributed by atoms with Crippen molar-refractivity contribution in [3.05, 3.63) is 108 Å². The zero-order valence-corrected chi connectivity index (χ0v) is 21.8. The molecule has 0 bridgehead atoms. The molecule has 0 amide bonds. The van der Waals surface area contributed by atoms with Crippen LogP contribution in [-0.2, 0) is 6.54 Å². The van der Waals surface area contributed by atoms with Crippen LogP contribution in [0.3, 0.4) is 0 Å². The number of benzene rings is 3. The minimum atomic E-state index is -0.626. The lowest BCUT2D eigenvalue weighted by molar-refractivity contribution is 0.627. The molecule has 5 nitrogen and oxygen atoms in total. The van der Waals surface area contributed by atoms with Gasteiger partial charge in [0.15, 0.2) is 5.82 Å². The Morgan fingerprint density at radius 1 is 0.861 bits per heavy atom. The molecule has 0 atom stereocenters. The van der Waals surface area contributed by atoms with Gasteiger partial charge in [0.1, 0.15) is 17.3 Å². The van der Waals surface area contributed by atoms with Crippen molar-refractivity contribution in [3.8, 4) is 0 Å². The first-order valence-corrected chi connectivity index (χ1v) is 12.6. The van der Waals surface area contributed by atoms with Gasteiger partial charge in [-0.05, 0) is 65.9 Å². The van der Waals surface area contributed by atoms with E-state index >= 15 is 0 Å². The molecule has 36 heavy (non-hydrogen) atoms. The number of rotatable bonds is 5. The van der Waals surface area contributed by atoms with Gasteiger partial charge in [0.25, 0.3) is 0 Å². The number of fused-ring (bicyclic) bond motifs is 1. The van der Waals surface area contributed by atoms with E-state index in [9.17, 15) is 8.78 Å². The molecule has 0 saturated carbocycles. The minimum absolute atomic E-state index is 0.00415. The fourth-order valence-corrected chi connectivity index (χ4v) is 5.08. The van der Waals surface area contributed by atoms with Crippen molar-refractivity contribution >= 4 is 75.6 Å². The lowest BCUT2D eigenvalue weighted by Gasteiger charge is -2.18. The number of aromatic nitrogens is 3. The van der Waals surface area contributed by atoms with Crippen molar-refractivity contribution in [1.29, 1.82) is 0 Å². The summed E-state index contributed by atoms with van der Waals surface area (Å²) in [6.07, 6.45) is 1.87. The number of thioether (sulfide) groups is 1. The molecule has 182 valence electrons. The van der Waals surface area contributed by atoms with E-state index in [-0.39, 0.29) is 21.6 Å². The Labute approximate surface area is 228 Å². The molecular formula is C24H13Cl4F2N5S. The molecule has 0 unspecified atom stereocenters. The molecule has 5 rings (SSSR count). The molecule has 0 spiro atoms. The highest BCUT2D eigenvalue weighted by Crippen LogP contribution is 2.37. The first-order valence-electron chi connectivity index (χ1n) is 10.3. The maximum atomic E-state index is 14.4. The van der Waals surface area contributed by atoms with Gasteiger partial charge in [0.2, 0.25) is 5.16 Å². The molecule has 12 heteroatoms. The normalized spacial score (nSPS) is 14.1.